The fourth-order valence-electron chi connectivity index (χ4n) is 3.82. The zero-order chi connectivity index (χ0) is 26.9. The number of aryl methyl sites for hydroxylation is 1. The van der Waals surface area contributed by atoms with Crippen LogP contribution in [0.25, 0.3) is 17.1 Å². The highest BCUT2D eigenvalue weighted by molar-refractivity contribution is 6.30. The van der Waals surface area contributed by atoms with Gasteiger partial charge in [-0.25, -0.2) is 23.5 Å². The molecule has 0 aliphatic carbocycles. The highest BCUT2D eigenvalue weighted by Gasteiger charge is 2.39. The molecule has 0 bridgehead atoms. The van der Waals surface area contributed by atoms with Gasteiger partial charge in [0, 0.05) is 10.6 Å². The standard InChI is InChI=1S/C24H23ClF4N6O2/c1-3-15-6-4-5-7-18(15)35-21(14(2)26)30-20(31-35)13-34-23(37)33(12-19(36)24(27,28)29)22(32-34)16-8-10-17(25)11-9-16/h4-11,14,19,36H,3,12-13H2,1-2H3/t14?,19-/m0/s1. The molecule has 2 aromatic heterocycles. The summed E-state index contributed by atoms with van der Waals surface area (Å²) >= 11 is 5.91. The zero-order valence-corrected chi connectivity index (χ0v) is 20.6. The average molecular weight is 539 g/mol. The fourth-order valence-corrected chi connectivity index (χ4v) is 3.94. The van der Waals surface area contributed by atoms with Gasteiger partial charge in [-0.3, -0.25) is 4.57 Å². The largest absolute Gasteiger partial charge is 0.416 e. The van der Waals surface area contributed by atoms with Crippen LogP contribution in [0.5, 0.6) is 0 Å². The van der Waals surface area contributed by atoms with Gasteiger partial charge in [-0.05, 0) is 49.2 Å². The molecule has 0 saturated carbocycles. The number of rotatable bonds is 8. The van der Waals surface area contributed by atoms with Gasteiger partial charge in [-0.2, -0.15) is 13.2 Å². The van der Waals surface area contributed by atoms with Crippen LogP contribution in [-0.2, 0) is 19.5 Å². The number of para-hydroxylation sites is 1. The number of aliphatic hydroxyl groups is 1. The predicted molar refractivity (Wildman–Crippen MR) is 128 cm³/mol. The predicted octanol–water partition coefficient (Wildman–Crippen LogP) is 4.51. The van der Waals surface area contributed by atoms with Crippen LogP contribution in [0.3, 0.4) is 0 Å². The van der Waals surface area contributed by atoms with E-state index in [4.69, 9.17) is 11.6 Å². The Morgan fingerprint density at radius 2 is 1.76 bits per heavy atom. The molecule has 1 unspecified atom stereocenters. The first-order valence-electron chi connectivity index (χ1n) is 11.4. The number of hydrogen-bond acceptors (Lipinski definition) is 5. The van der Waals surface area contributed by atoms with Gasteiger partial charge in [0.1, 0.15) is 6.54 Å². The third-order valence-corrected chi connectivity index (χ3v) is 5.93. The lowest BCUT2D eigenvalue weighted by molar-refractivity contribution is -0.207. The molecule has 1 N–H and O–H groups in total. The Morgan fingerprint density at radius 3 is 2.38 bits per heavy atom. The molecule has 2 heterocycles. The van der Waals surface area contributed by atoms with Crippen LogP contribution in [0.1, 0.15) is 37.2 Å². The maximum atomic E-state index is 14.5. The molecule has 2 aromatic carbocycles. The molecule has 0 radical (unpaired) electrons. The minimum Gasteiger partial charge on any atom is -0.382 e. The van der Waals surface area contributed by atoms with Crippen molar-refractivity contribution in [3.8, 4) is 17.1 Å². The lowest BCUT2D eigenvalue weighted by atomic mass is 10.1. The molecular formula is C24H23ClF4N6O2. The van der Waals surface area contributed by atoms with E-state index in [0.29, 0.717) is 22.7 Å². The summed E-state index contributed by atoms with van der Waals surface area (Å²) in [5.41, 5.74) is 0.904. The van der Waals surface area contributed by atoms with Crippen molar-refractivity contribution < 1.29 is 22.7 Å². The maximum absolute atomic E-state index is 14.5. The Labute approximate surface area is 213 Å². The van der Waals surface area contributed by atoms with E-state index in [9.17, 15) is 27.5 Å². The van der Waals surface area contributed by atoms with Crippen LogP contribution in [0.4, 0.5) is 17.6 Å². The average Bonchev–Trinajstić information content (AvgIpc) is 3.41. The summed E-state index contributed by atoms with van der Waals surface area (Å²) in [6, 6.07) is 13.2. The second-order valence-corrected chi connectivity index (χ2v) is 8.77. The third kappa shape index (κ3) is 5.59. The molecular weight excluding hydrogens is 516 g/mol. The van der Waals surface area contributed by atoms with Gasteiger partial charge in [-0.15, -0.1) is 10.2 Å². The first-order valence-corrected chi connectivity index (χ1v) is 11.7. The summed E-state index contributed by atoms with van der Waals surface area (Å²) in [6.07, 6.45) is -8.58. The van der Waals surface area contributed by atoms with E-state index in [2.05, 4.69) is 15.2 Å². The molecule has 196 valence electrons. The van der Waals surface area contributed by atoms with Gasteiger partial charge in [0.25, 0.3) is 0 Å². The fraction of sp³-hybridized carbons (Fsp3) is 0.333. The minimum absolute atomic E-state index is 0.00815. The van der Waals surface area contributed by atoms with Crippen molar-refractivity contribution >= 4 is 11.6 Å². The van der Waals surface area contributed by atoms with Gasteiger partial charge in [0.2, 0.25) is 0 Å². The monoisotopic (exact) mass is 538 g/mol. The van der Waals surface area contributed by atoms with Crippen molar-refractivity contribution in [1.29, 1.82) is 0 Å². The van der Waals surface area contributed by atoms with Gasteiger partial charge in [0.05, 0.1) is 12.2 Å². The van der Waals surface area contributed by atoms with Crippen LogP contribution in [0.2, 0.25) is 5.02 Å². The van der Waals surface area contributed by atoms with Crippen molar-refractivity contribution in [2.75, 3.05) is 0 Å². The molecule has 0 fully saturated rings. The number of halogens is 5. The van der Waals surface area contributed by atoms with E-state index in [1.165, 1.54) is 35.9 Å². The number of nitrogens with zero attached hydrogens (tertiary/aromatic N) is 6. The lowest BCUT2D eigenvalue weighted by Gasteiger charge is -2.15. The summed E-state index contributed by atoms with van der Waals surface area (Å²) in [5.74, 6) is -0.0650. The van der Waals surface area contributed by atoms with Crippen molar-refractivity contribution in [2.45, 2.75) is 51.8 Å². The van der Waals surface area contributed by atoms with Crippen LogP contribution in [-0.4, -0.2) is 46.5 Å². The number of alkyl halides is 4. The Bertz CT molecular complexity index is 1440. The molecule has 0 amide bonds. The molecule has 8 nitrogen and oxygen atoms in total. The molecule has 0 aliphatic rings. The second-order valence-electron chi connectivity index (χ2n) is 8.34. The second kappa shape index (κ2) is 10.5. The van der Waals surface area contributed by atoms with Gasteiger partial charge in [0.15, 0.2) is 29.7 Å². The van der Waals surface area contributed by atoms with Crippen LogP contribution < -0.4 is 5.69 Å². The summed E-state index contributed by atoms with van der Waals surface area (Å²) in [5, 5.41) is 18.6. The van der Waals surface area contributed by atoms with E-state index < -0.39 is 30.7 Å². The van der Waals surface area contributed by atoms with Crippen LogP contribution in [0.15, 0.2) is 53.3 Å². The van der Waals surface area contributed by atoms with E-state index in [1.54, 1.807) is 12.1 Å². The highest BCUT2D eigenvalue weighted by atomic mass is 35.5. The smallest absolute Gasteiger partial charge is 0.382 e. The summed E-state index contributed by atoms with van der Waals surface area (Å²) in [6.45, 7) is 1.83. The number of hydrogen-bond donors (Lipinski definition) is 1. The normalized spacial score (nSPS) is 13.6. The molecule has 13 heteroatoms. The number of aromatic nitrogens is 6. The highest BCUT2D eigenvalue weighted by Crippen LogP contribution is 2.25. The van der Waals surface area contributed by atoms with Crippen LogP contribution >= 0.6 is 11.6 Å². The third-order valence-electron chi connectivity index (χ3n) is 5.68. The molecule has 0 spiro atoms. The van der Waals surface area contributed by atoms with Crippen LogP contribution in [0, 0.1) is 0 Å². The van der Waals surface area contributed by atoms with Crippen molar-refractivity contribution in [1.82, 2.24) is 29.1 Å². The summed E-state index contributed by atoms with van der Waals surface area (Å²) < 4.78 is 56.7. The van der Waals surface area contributed by atoms with E-state index >= 15 is 0 Å². The zero-order valence-electron chi connectivity index (χ0n) is 19.8. The molecule has 0 saturated heterocycles. The SMILES string of the molecule is CCc1ccccc1-n1nc(Cn2nc(-c3ccc(Cl)cc3)n(C[C@H](O)C(F)(F)F)c2=O)nc1C(C)F. The Balaban J connectivity index is 1.78. The Kier molecular flexibility index (Phi) is 7.51. The van der Waals surface area contributed by atoms with E-state index in [1.807, 2.05) is 19.1 Å². The Hall–Kier alpha value is -3.51. The van der Waals surface area contributed by atoms with Crippen molar-refractivity contribution in [3.63, 3.8) is 0 Å². The molecule has 37 heavy (non-hydrogen) atoms. The van der Waals surface area contributed by atoms with Gasteiger partial charge >= 0.3 is 11.9 Å². The molecule has 2 atom stereocenters. The van der Waals surface area contributed by atoms with E-state index in [0.717, 1.165) is 14.8 Å². The lowest BCUT2D eigenvalue weighted by Crippen LogP contribution is -2.37. The van der Waals surface area contributed by atoms with Gasteiger partial charge < -0.3 is 5.11 Å². The molecule has 4 rings (SSSR count). The summed E-state index contributed by atoms with van der Waals surface area (Å²) in [4.78, 5) is 17.4. The topological polar surface area (TPSA) is 90.8 Å². The van der Waals surface area contributed by atoms with Gasteiger partial charge in [-0.1, -0.05) is 36.7 Å². The quantitative estimate of drug-likeness (QED) is 0.333. The Morgan fingerprint density at radius 1 is 1.08 bits per heavy atom. The van der Waals surface area contributed by atoms with Crippen molar-refractivity contribution in [3.05, 3.63) is 81.3 Å². The minimum atomic E-state index is -4.95. The van der Waals surface area contributed by atoms with Crippen molar-refractivity contribution in [2.24, 2.45) is 0 Å². The number of benzene rings is 2. The number of aliphatic hydroxyl groups excluding tert-OH is 1. The maximum Gasteiger partial charge on any atom is 0.416 e. The molecule has 0 aliphatic heterocycles. The first-order chi connectivity index (χ1) is 17.5. The summed E-state index contributed by atoms with van der Waals surface area (Å²) in [7, 11) is 0. The van der Waals surface area contributed by atoms with E-state index in [-0.39, 0.29) is 24.0 Å². The molecule has 4 aromatic rings. The first kappa shape index (κ1) is 26.6.